The summed E-state index contributed by atoms with van der Waals surface area (Å²) in [6, 6.07) is 16.8. The van der Waals surface area contributed by atoms with E-state index in [1.54, 1.807) is 29.2 Å². The Hall–Kier alpha value is -2.73. The average Bonchev–Trinajstić information content (AvgIpc) is 2.88. The number of thiocarbonyl (C=S) groups is 1. The Kier molecular flexibility index (Phi) is 14.5. The third kappa shape index (κ3) is 11.3. The minimum absolute atomic E-state index is 0.0573. The molecule has 0 spiro atoms. The fourth-order valence-corrected chi connectivity index (χ4v) is 4.44. The van der Waals surface area contributed by atoms with Crippen LogP contribution in [0.25, 0.3) is 0 Å². The Bertz CT molecular complexity index is 916. The lowest BCUT2D eigenvalue weighted by atomic mass is 10.1. The minimum atomic E-state index is -0.0586. The molecule has 0 aliphatic carbocycles. The van der Waals surface area contributed by atoms with Crippen LogP contribution >= 0.6 is 12.2 Å². The van der Waals surface area contributed by atoms with E-state index in [0.29, 0.717) is 18.5 Å². The second-order valence-corrected chi connectivity index (χ2v) is 9.66. The van der Waals surface area contributed by atoms with E-state index in [4.69, 9.17) is 12.2 Å². The molecule has 2 aromatic carbocycles. The average molecular weight is 510 g/mol. The summed E-state index contributed by atoms with van der Waals surface area (Å²) in [4.78, 5) is 26.9. The molecule has 5 nitrogen and oxygen atoms in total. The molecule has 2 aromatic rings. The second kappa shape index (κ2) is 17.7. The van der Waals surface area contributed by atoms with Crippen molar-refractivity contribution in [2.24, 2.45) is 0 Å². The first kappa shape index (κ1) is 29.5. The summed E-state index contributed by atoms with van der Waals surface area (Å²) < 4.78 is 0. The van der Waals surface area contributed by atoms with E-state index in [-0.39, 0.29) is 16.9 Å². The fourth-order valence-electron chi connectivity index (χ4n) is 4.20. The predicted molar refractivity (Wildman–Crippen MR) is 156 cm³/mol. The summed E-state index contributed by atoms with van der Waals surface area (Å²) in [6.07, 6.45) is 14.3. The first-order chi connectivity index (χ1) is 17.5. The van der Waals surface area contributed by atoms with E-state index in [0.717, 1.165) is 24.2 Å². The monoisotopic (exact) mass is 509 g/mol. The van der Waals surface area contributed by atoms with Crippen molar-refractivity contribution in [1.29, 1.82) is 0 Å². The highest BCUT2D eigenvalue weighted by atomic mass is 32.1. The Labute approximate surface area is 223 Å². The van der Waals surface area contributed by atoms with Gasteiger partial charge >= 0.3 is 0 Å². The van der Waals surface area contributed by atoms with E-state index in [2.05, 4.69) is 17.6 Å². The van der Waals surface area contributed by atoms with Crippen molar-refractivity contribution in [2.45, 2.75) is 90.9 Å². The molecule has 0 aliphatic heterocycles. The zero-order chi connectivity index (χ0) is 26.0. The number of hydrogen-bond donors (Lipinski definition) is 2. The Morgan fingerprint density at radius 2 is 1.31 bits per heavy atom. The van der Waals surface area contributed by atoms with Crippen LogP contribution in [-0.4, -0.2) is 23.5 Å². The highest BCUT2D eigenvalue weighted by Crippen LogP contribution is 2.18. The van der Waals surface area contributed by atoms with Gasteiger partial charge in [-0.25, -0.2) is 0 Å². The number of carbonyl (C=O) groups excluding carboxylic acids is 2. The van der Waals surface area contributed by atoms with Gasteiger partial charge in [0.05, 0.1) is 0 Å². The van der Waals surface area contributed by atoms with Crippen LogP contribution in [0.5, 0.6) is 0 Å². The van der Waals surface area contributed by atoms with Crippen LogP contribution in [0, 0.1) is 0 Å². The number of rotatable bonds is 16. The van der Waals surface area contributed by atoms with Crippen molar-refractivity contribution in [3.05, 3.63) is 60.2 Å². The third-order valence-corrected chi connectivity index (χ3v) is 6.48. The van der Waals surface area contributed by atoms with Gasteiger partial charge in [0.15, 0.2) is 5.11 Å². The Morgan fingerprint density at radius 3 is 1.86 bits per heavy atom. The molecule has 0 aliphatic rings. The number of para-hydroxylation sites is 1. The van der Waals surface area contributed by atoms with Gasteiger partial charge in [0.1, 0.15) is 0 Å². The van der Waals surface area contributed by atoms with Gasteiger partial charge in [-0.2, -0.15) is 0 Å². The van der Waals surface area contributed by atoms with Crippen LogP contribution < -0.4 is 15.5 Å². The number of amides is 2. The number of carbonyl (C=O) groups is 2. The maximum Gasteiger partial charge on any atom is 0.258 e. The van der Waals surface area contributed by atoms with E-state index in [9.17, 15) is 9.59 Å². The van der Waals surface area contributed by atoms with Gasteiger partial charge in [-0.3, -0.25) is 9.59 Å². The molecule has 0 saturated carbocycles. The number of nitrogens with zero attached hydrogens (tertiary/aromatic N) is 1. The van der Waals surface area contributed by atoms with Crippen LogP contribution in [0.15, 0.2) is 54.6 Å². The summed E-state index contributed by atoms with van der Waals surface area (Å²) in [5, 5.41) is 6.07. The molecule has 0 unspecified atom stereocenters. The Balaban J connectivity index is 1.63. The molecule has 0 atom stereocenters. The predicted octanol–water partition coefficient (Wildman–Crippen LogP) is 7.87. The third-order valence-electron chi connectivity index (χ3n) is 6.28. The van der Waals surface area contributed by atoms with Crippen LogP contribution in [0.2, 0.25) is 0 Å². The zero-order valence-electron chi connectivity index (χ0n) is 22.1. The number of benzene rings is 2. The molecule has 0 radical (unpaired) electrons. The molecule has 2 rings (SSSR count). The van der Waals surface area contributed by atoms with Crippen molar-refractivity contribution < 1.29 is 9.59 Å². The van der Waals surface area contributed by atoms with Crippen LogP contribution in [0.1, 0.15) is 101 Å². The lowest BCUT2D eigenvalue weighted by molar-refractivity contribution is -0.119. The number of anilines is 2. The maximum atomic E-state index is 12.9. The topological polar surface area (TPSA) is 61.4 Å². The maximum absolute atomic E-state index is 12.9. The molecule has 0 heterocycles. The Morgan fingerprint density at radius 1 is 0.750 bits per heavy atom. The van der Waals surface area contributed by atoms with E-state index in [1.807, 2.05) is 37.3 Å². The van der Waals surface area contributed by atoms with Crippen molar-refractivity contribution >= 4 is 40.5 Å². The standard InChI is InChI=1S/C30H43N3O2S/c1-3-5-6-7-8-9-10-11-12-13-17-20-28(34)32-30(36)31-26-23-21-25(22-24-26)29(35)33(4-2)27-18-15-14-16-19-27/h14-16,18-19,21-24H,3-13,17,20H2,1-2H3,(H2,31,32,34,36). The number of nitrogens with one attached hydrogen (secondary N) is 2. The van der Waals surface area contributed by atoms with Crippen LogP contribution in [0.3, 0.4) is 0 Å². The summed E-state index contributed by atoms with van der Waals surface area (Å²) in [7, 11) is 0. The number of unbranched alkanes of at least 4 members (excludes halogenated alkanes) is 10. The fraction of sp³-hybridized carbons (Fsp3) is 0.500. The molecule has 0 fully saturated rings. The lowest BCUT2D eigenvalue weighted by Crippen LogP contribution is -2.34. The molecule has 2 amide bonds. The normalized spacial score (nSPS) is 10.6. The van der Waals surface area contributed by atoms with Gasteiger partial charge in [0, 0.05) is 29.9 Å². The lowest BCUT2D eigenvalue weighted by Gasteiger charge is -2.21. The highest BCUT2D eigenvalue weighted by Gasteiger charge is 2.16. The first-order valence-corrected chi connectivity index (χ1v) is 14.0. The van der Waals surface area contributed by atoms with Gasteiger partial charge < -0.3 is 15.5 Å². The van der Waals surface area contributed by atoms with Gasteiger partial charge in [0.25, 0.3) is 5.91 Å². The molecular weight excluding hydrogens is 466 g/mol. The van der Waals surface area contributed by atoms with Crippen LogP contribution in [-0.2, 0) is 4.79 Å². The molecule has 6 heteroatoms. The molecule has 36 heavy (non-hydrogen) atoms. The molecule has 0 aromatic heterocycles. The van der Waals surface area contributed by atoms with E-state index < -0.39 is 0 Å². The zero-order valence-corrected chi connectivity index (χ0v) is 22.9. The quantitative estimate of drug-likeness (QED) is 0.179. The highest BCUT2D eigenvalue weighted by molar-refractivity contribution is 7.80. The van der Waals surface area contributed by atoms with E-state index >= 15 is 0 Å². The molecular formula is C30H43N3O2S. The van der Waals surface area contributed by atoms with Gasteiger partial charge in [0.2, 0.25) is 5.91 Å². The minimum Gasteiger partial charge on any atom is -0.332 e. The SMILES string of the molecule is CCCCCCCCCCCCCC(=O)NC(=S)Nc1ccc(C(=O)N(CC)c2ccccc2)cc1. The molecule has 0 saturated heterocycles. The first-order valence-electron chi connectivity index (χ1n) is 13.6. The smallest absolute Gasteiger partial charge is 0.258 e. The van der Waals surface area contributed by atoms with Crippen molar-refractivity contribution in [1.82, 2.24) is 5.32 Å². The summed E-state index contributed by atoms with van der Waals surface area (Å²) in [5.41, 5.74) is 2.20. The van der Waals surface area contributed by atoms with E-state index in [1.165, 1.54) is 57.8 Å². The number of hydrogen-bond acceptors (Lipinski definition) is 3. The molecule has 196 valence electrons. The summed E-state index contributed by atoms with van der Waals surface area (Å²) in [5.74, 6) is -0.116. The van der Waals surface area contributed by atoms with Crippen molar-refractivity contribution in [3.8, 4) is 0 Å². The second-order valence-electron chi connectivity index (χ2n) is 9.25. The van der Waals surface area contributed by atoms with Crippen molar-refractivity contribution in [2.75, 3.05) is 16.8 Å². The van der Waals surface area contributed by atoms with Gasteiger partial charge in [-0.05, 0) is 62.0 Å². The molecule has 0 bridgehead atoms. The van der Waals surface area contributed by atoms with Crippen LogP contribution in [0.4, 0.5) is 11.4 Å². The summed E-state index contributed by atoms with van der Waals surface area (Å²) in [6.45, 7) is 4.79. The summed E-state index contributed by atoms with van der Waals surface area (Å²) >= 11 is 5.29. The van der Waals surface area contributed by atoms with Crippen molar-refractivity contribution in [3.63, 3.8) is 0 Å². The largest absolute Gasteiger partial charge is 0.332 e. The van der Waals surface area contributed by atoms with Gasteiger partial charge in [-0.15, -0.1) is 0 Å². The molecule has 2 N–H and O–H groups in total. The van der Waals surface area contributed by atoms with Gasteiger partial charge in [-0.1, -0.05) is 89.3 Å².